The summed E-state index contributed by atoms with van der Waals surface area (Å²) in [5.74, 6) is -0.224. The van der Waals surface area contributed by atoms with E-state index in [9.17, 15) is 9.50 Å². The highest BCUT2D eigenvalue weighted by Crippen LogP contribution is 2.13. The lowest BCUT2D eigenvalue weighted by Gasteiger charge is -2.13. The standard InChI is InChI=1S/C13H16FN3O/c1-10-7-11(3-4-13(10)14)15-8-12(18)9-17-6-2-5-16-17/h2-7,12,15,18H,8-9H2,1H3. The third-order valence-electron chi connectivity index (χ3n) is 2.66. The van der Waals surface area contributed by atoms with Crippen molar-refractivity contribution in [3.05, 3.63) is 48.0 Å². The topological polar surface area (TPSA) is 50.1 Å². The van der Waals surface area contributed by atoms with E-state index < -0.39 is 6.10 Å². The van der Waals surface area contributed by atoms with Gasteiger partial charge < -0.3 is 10.4 Å². The van der Waals surface area contributed by atoms with E-state index in [2.05, 4.69) is 10.4 Å². The van der Waals surface area contributed by atoms with Crippen molar-refractivity contribution in [3.8, 4) is 0 Å². The van der Waals surface area contributed by atoms with Gasteiger partial charge in [-0.1, -0.05) is 0 Å². The molecule has 0 aliphatic heterocycles. The van der Waals surface area contributed by atoms with Crippen LogP contribution in [0.2, 0.25) is 0 Å². The number of rotatable bonds is 5. The molecule has 4 nitrogen and oxygen atoms in total. The number of nitrogens with zero attached hydrogens (tertiary/aromatic N) is 2. The molecule has 2 N–H and O–H groups in total. The quantitative estimate of drug-likeness (QED) is 0.849. The van der Waals surface area contributed by atoms with Crippen LogP contribution in [0.15, 0.2) is 36.7 Å². The lowest BCUT2D eigenvalue weighted by molar-refractivity contribution is 0.161. The maximum Gasteiger partial charge on any atom is 0.126 e. The molecule has 0 bridgehead atoms. The van der Waals surface area contributed by atoms with Gasteiger partial charge in [-0.2, -0.15) is 5.10 Å². The van der Waals surface area contributed by atoms with E-state index in [0.29, 0.717) is 18.7 Å². The summed E-state index contributed by atoms with van der Waals surface area (Å²) in [4.78, 5) is 0. The minimum absolute atomic E-state index is 0.224. The van der Waals surface area contributed by atoms with Crippen LogP contribution in [0.25, 0.3) is 0 Å². The maximum absolute atomic E-state index is 13.1. The molecule has 1 unspecified atom stereocenters. The summed E-state index contributed by atoms with van der Waals surface area (Å²) in [6.45, 7) is 2.53. The molecule has 0 saturated heterocycles. The van der Waals surface area contributed by atoms with Gasteiger partial charge in [0.2, 0.25) is 0 Å². The van der Waals surface area contributed by atoms with Crippen molar-refractivity contribution < 1.29 is 9.50 Å². The first-order chi connectivity index (χ1) is 8.65. The van der Waals surface area contributed by atoms with Crippen LogP contribution in [-0.4, -0.2) is 27.5 Å². The third kappa shape index (κ3) is 3.30. The van der Waals surface area contributed by atoms with Crippen molar-refractivity contribution in [1.29, 1.82) is 0 Å². The van der Waals surface area contributed by atoms with Gasteiger partial charge in [0.1, 0.15) is 5.82 Å². The zero-order valence-corrected chi connectivity index (χ0v) is 10.2. The maximum atomic E-state index is 13.1. The summed E-state index contributed by atoms with van der Waals surface area (Å²) in [6.07, 6.45) is 2.92. The smallest absolute Gasteiger partial charge is 0.126 e. The van der Waals surface area contributed by atoms with Crippen LogP contribution in [0.3, 0.4) is 0 Å². The highest BCUT2D eigenvalue weighted by Gasteiger charge is 2.05. The average molecular weight is 249 g/mol. The van der Waals surface area contributed by atoms with Crippen molar-refractivity contribution in [2.45, 2.75) is 19.6 Å². The van der Waals surface area contributed by atoms with E-state index in [0.717, 1.165) is 5.69 Å². The van der Waals surface area contributed by atoms with Crippen molar-refractivity contribution in [2.75, 3.05) is 11.9 Å². The molecule has 0 amide bonds. The Kier molecular flexibility index (Phi) is 3.94. The number of halogens is 1. The van der Waals surface area contributed by atoms with Crippen molar-refractivity contribution in [3.63, 3.8) is 0 Å². The van der Waals surface area contributed by atoms with Crippen LogP contribution in [0.5, 0.6) is 0 Å². The lowest BCUT2D eigenvalue weighted by Crippen LogP contribution is -2.25. The highest BCUT2D eigenvalue weighted by molar-refractivity contribution is 5.45. The molecule has 0 saturated carbocycles. The van der Waals surface area contributed by atoms with E-state index in [-0.39, 0.29) is 5.82 Å². The highest BCUT2D eigenvalue weighted by atomic mass is 19.1. The summed E-state index contributed by atoms with van der Waals surface area (Å²) in [5, 5.41) is 16.9. The normalized spacial score (nSPS) is 12.4. The number of hydrogen-bond acceptors (Lipinski definition) is 3. The summed E-state index contributed by atoms with van der Waals surface area (Å²) >= 11 is 0. The van der Waals surface area contributed by atoms with E-state index in [1.807, 2.05) is 6.07 Å². The summed E-state index contributed by atoms with van der Waals surface area (Å²) in [5.41, 5.74) is 1.38. The van der Waals surface area contributed by atoms with E-state index in [1.54, 1.807) is 36.1 Å². The number of aliphatic hydroxyl groups excluding tert-OH is 1. The number of hydrogen-bond donors (Lipinski definition) is 2. The predicted octanol–water partition coefficient (Wildman–Crippen LogP) is 1.80. The van der Waals surface area contributed by atoms with Gasteiger partial charge in [-0.05, 0) is 36.8 Å². The number of benzene rings is 1. The molecule has 5 heteroatoms. The van der Waals surface area contributed by atoms with Gasteiger partial charge >= 0.3 is 0 Å². The Bertz CT molecular complexity index is 499. The minimum Gasteiger partial charge on any atom is -0.389 e. The third-order valence-corrected chi connectivity index (χ3v) is 2.66. The molecule has 1 aromatic carbocycles. The van der Waals surface area contributed by atoms with Gasteiger partial charge in [0.05, 0.1) is 12.6 Å². The van der Waals surface area contributed by atoms with Gasteiger partial charge in [0, 0.05) is 24.6 Å². The zero-order valence-electron chi connectivity index (χ0n) is 10.2. The van der Waals surface area contributed by atoms with Crippen LogP contribution in [-0.2, 0) is 6.54 Å². The second-order valence-corrected chi connectivity index (χ2v) is 4.23. The molecule has 2 rings (SSSR count). The monoisotopic (exact) mass is 249 g/mol. The largest absolute Gasteiger partial charge is 0.389 e. The van der Waals surface area contributed by atoms with Crippen molar-refractivity contribution in [2.24, 2.45) is 0 Å². The molecule has 1 heterocycles. The number of aliphatic hydroxyl groups is 1. The van der Waals surface area contributed by atoms with E-state index >= 15 is 0 Å². The lowest BCUT2D eigenvalue weighted by atomic mass is 10.2. The van der Waals surface area contributed by atoms with Gasteiger partial charge in [-0.3, -0.25) is 4.68 Å². The average Bonchev–Trinajstić information content (AvgIpc) is 2.83. The molecule has 0 spiro atoms. The Morgan fingerprint density at radius 2 is 2.33 bits per heavy atom. The molecule has 1 aromatic heterocycles. The van der Waals surface area contributed by atoms with Crippen molar-refractivity contribution in [1.82, 2.24) is 9.78 Å². The second-order valence-electron chi connectivity index (χ2n) is 4.23. The Labute approximate surface area is 105 Å². The molecule has 96 valence electrons. The molecule has 18 heavy (non-hydrogen) atoms. The van der Waals surface area contributed by atoms with Gasteiger partial charge in [-0.25, -0.2) is 4.39 Å². The van der Waals surface area contributed by atoms with Crippen LogP contribution in [0.1, 0.15) is 5.56 Å². The fourth-order valence-corrected chi connectivity index (χ4v) is 1.68. The van der Waals surface area contributed by atoms with E-state index in [4.69, 9.17) is 0 Å². The molecule has 0 fully saturated rings. The minimum atomic E-state index is -0.546. The SMILES string of the molecule is Cc1cc(NCC(O)Cn2cccn2)ccc1F. The van der Waals surface area contributed by atoms with Crippen LogP contribution < -0.4 is 5.32 Å². The van der Waals surface area contributed by atoms with Crippen LogP contribution in [0.4, 0.5) is 10.1 Å². The van der Waals surface area contributed by atoms with Crippen LogP contribution >= 0.6 is 0 Å². The molecular formula is C13H16FN3O. The first-order valence-electron chi connectivity index (χ1n) is 5.80. The molecule has 0 aliphatic rings. The number of aryl methyl sites for hydroxylation is 1. The Balaban J connectivity index is 1.85. The summed E-state index contributed by atoms with van der Waals surface area (Å²) in [7, 11) is 0. The molecule has 1 atom stereocenters. The predicted molar refractivity (Wildman–Crippen MR) is 67.9 cm³/mol. The van der Waals surface area contributed by atoms with Gasteiger partial charge in [0.15, 0.2) is 0 Å². The first-order valence-corrected chi connectivity index (χ1v) is 5.80. The molecule has 2 aromatic rings. The zero-order chi connectivity index (χ0) is 13.0. The molecule has 0 radical (unpaired) electrons. The first kappa shape index (κ1) is 12.6. The summed E-state index contributed by atoms with van der Waals surface area (Å²) < 4.78 is 14.7. The fourth-order valence-electron chi connectivity index (χ4n) is 1.68. The van der Waals surface area contributed by atoms with Gasteiger partial charge in [0.25, 0.3) is 0 Å². The fraction of sp³-hybridized carbons (Fsp3) is 0.308. The van der Waals surface area contributed by atoms with Gasteiger partial charge in [-0.15, -0.1) is 0 Å². The summed E-state index contributed by atoms with van der Waals surface area (Å²) in [6, 6.07) is 6.60. The number of anilines is 1. The van der Waals surface area contributed by atoms with Crippen LogP contribution in [0, 0.1) is 12.7 Å². The van der Waals surface area contributed by atoms with E-state index in [1.165, 1.54) is 6.07 Å². The Morgan fingerprint density at radius 3 is 3.00 bits per heavy atom. The Morgan fingerprint density at radius 1 is 1.50 bits per heavy atom. The second kappa shape index (κ2) is 5.64. The molecule has 0 aliphatic carbocycles. The molecular weight excluding hydrogens is 233 g/mol. The number of nitrogens with one attached hydrogen (secondary N) is 1. The Hall–Kier alpha value is -1.88. The number of aromatic nitrogens is 2. The van der Waals surface area contributed by atoms with Crippen molar-refractivity contribution >= 4 is 5.69 Å².